The summed E-state index contributed by atoms with van der Waals surface area (Å²) in [6.45, 7) is 0.182. The number of hydrogen-bond donors (Lipinski definition) is 0. The molecule has 0 spiro atoms. The van der Waals surface area contributed by atoms with Gasteiger partial charge in [-0.25, -0.2) is 0 Å². The van der Waals surface area contributed by atoms with Gasteiger partial charge in [-0.2, -0.15) is 13.2 Å². The van der Waals surface area contributed by atoms with Crippen molar-refractivity contribution < 1.29 is 18.0 Å². The van der Waals surface area contributed by atoms with Crippen LogP contribution >= 0.6 is 0 Å². The van der Waals surface area contributed by atoms with Crippen LogP contribution in [0, 0.1) is 12.3 Å². The van der Waals surface area contributed by atoms with Gasteiger partial charge in [-0.3, -0.25) is 0 Å². The van der Waals surface area contributed by atoms with Gasteiger partial charge in [0, 0.05) is 12.0 Å². The van der Waals surface area contributed by atoms with E-state index in [-0.39, 0.29) is 12.2 Å². The molecule has 0 fully saturated rings. The number of oxime groups is 1. The molecule has 0 radical (unpaired) electrons. The van der Waals surface area contributed by atoms with Gasteiger partial charge in [0.25, 0.3) is 0 Å². The van der Waals surface area contributed by atoms with Crippen molar-refractivity contribution in [2.75, 3.05) is 6.61 Å². The molecule has 0 amide bonds. The fourth-order valence-corrected chi connectivity index (χ4v) is 1.12. The molecular weight excluding hydrogens is 231 g/mol. The van der Waals surface area contributed by atoms with Crippen molar-refractivity contribution in [1.29, 1.82) is 0 Å². The molecule has 2 nitrogen and oxygen atoms in total. The fraction of sp³-hybridized carbons (Fsp3) is 0.250. The number of rotatable bonds is 4. The van der Waals surface area contributed by atoms with E-state index in [2.05, 4.69) is 11.1 Å². The lowest BCUT2D eigenvalue weighted by atomic mass is 10.1. The second kappa shape index (κ2) is 5.94. The minimum Gasteiger partial charge on any atom is -0.395 e. The lowest BCUT2D eigenvalue weighted by Crippen LogP contribution is -2.08. The molecule has 5 heteroatoms. The highest BCUT2D eigenvalue weighted by Crippen LogP contribution is 2.31. The quantitative estimate of drug-likeness (QED) is 0.343. The first kappa shape index (κ1) is 13.1. The molecule has 0 heterocycles. The summed E-state index contributed by atoms with van der Waals surface area (Å²) in [5, 5.41) is 3.43. The van der Waals surface area contributed by atoms with E-state index in [1.165, 1.54) is 18.2 Å². The van der Waals surface area contributed by atoms with Crippen LogP contribution in [0.2, 0.25) is 0 Å². The maximum atomic E-state index is 12.5. The average Bonchev–Trinajstić information content (AvgIpc) is 2.28. The molecule has 90 valence electrons. The standard InChI is InChI=1S/C12H10F3NO/c1-2-3-8-17-16-9-10-6-4-5-7-11(10)12(13,14)15/h1,4-7,9H,3,8H2. The van der Waals surface area contributed by atoms with E-state index in [4.69, 9.17) is 11.3 Å². The second-order valence-electron chi connectivity index (χ2n) is 3.11. The van der Waals surface area contributed by atoms with Gasteiger partial charge < -0.3 is 4.84 Å². The first-order valence-corrected chi connectivity index (χ1v) is 4.80. The molecule has 0 aromatic heterocycles. The molecule has 0 aliphatic heterocycles. The summed E-state index contributed by atoms with van der Waals surface area (Å²) in [5.74, 6) is 2.32. The van der Waals surface area contributed by atoms with E-state index in [0.717, 1.165) is 12.3 Å². The minimum absolute atomic E-state index is 0.0410. The van der Waals surface area contributed by atoms with Gasteiger partial charge in [-0.05, 0) is 6.07 Å². The van der Waals surface area contributed by atoms with Crippen molar-refractivity contribution in [3.63, 3.8) is 0 Å². The van der Waals surface area contributed by atoms with E-state index < -0.39 is 11.7 Å². The van der Waals surface area contributed by atoms with Gasteiger partial charge in [0.2, 0.25) is 0 Å². The molecule has 1 aromatic rings. The molecule has 1 rings (SSSR count). The molecule has 0 saturated heterocycles. The normalized spacial score (nSPS) is 11.4. The maximum Gasteiger partial charge on any atom is 0.417 e. The van der Waals surface area contributed by atoms with Gasteiger partial charge in [0.15, 0.2) is 0 Å². The predicted octanol–water partition coefficient (Wildman–Crippen LogP) is 3.08. The van der Waals surface area contributed by atoms with Crippen molar-refractivity contribution in [3.05, 3.63) is 35.4 Å². The summed E-state index contributed by atoms with van der Waals surface area (Å²) in [4.78, 5) is 4.71. The highest BCUT2D eigenvalue weighted by molar-refractivity contribution is 5.81. The van der Waals surface area contributed by atoms with Crippen LogP contribution in [-0.2, 0) is 11.0 Å². The van der Waals surface area contributed by atoms with Crippen LogP contribution in [0.5, 0.6) is 0 Å². The van der Waals surface area contributed by atoms with Crippen LogP contribution in [0.3, 0.4) is 0 Å². The van der Waals surface area contributed by atoms with Crippen LogP contribution in [0.4, 0.5) is 13.2 Å². The third-order valence-corrected chi connectivity index (χ3v) is 1.87. The summed E-state index contributed by atoms with van der Waals surface area (Å²) >= 11 is 0. The zero-order chi connectivity index (χ0) is 12.7. The number of nitrogens with zero attached hydrogens (tertiary/aromatic N) is 1. The monoisotopic (exact) mass is 241 g/mol. The van der Waals surface area contributed by atoms with Crippen LogP contribution in [0.1, 0.15) is 17.5 Å². The van der Waals surface area contributed by atoms with Crippen molar-refractivity contribution in [2.45, 2.75) is 12.6 Å². The number of halogens is 3. The Labute approximate surface area is 97.1 Å². The highest BCUT2D eigenvalue weighted by atomic mass is 19.4. The molecule has 0 atom stereocenters. The van der Waals surface area contributed by atoms with Crippen LogP contribution in [0.15, 0.2) is 29.4 Å². The summed E-state index contributed by atoms with van der Waals surface area (Å²) in [6, 6.07) is 5.12. The van der Waals surface area contributed by atoms with Crippen LogP contribution in [-0.4, -0.2) is 12.8 Å². The third kappa shape index (κ3) is 4.19. The molecule has 0 saturated carbocycles. The van der Waals surface area contributed by atoms with Crippen molar-refractivity contribution in [3.8, 4) is 12.3 Å². The van der Waals surface area contributed by atoms with Gasteiger partial charge in [0.1, 0.15) is 6.61 Å². The lowest BCUT2D eigenvalue weighted by molar-refractivity contribution is -0.137. The first-order chi connectivity index (χ1) is 8.05. The third-order valence-electron chi connectivity index (χ3n) is 1.87. The molecule has 0 unspecified atom stereocenters. The zero-order valence-corrected chi connectivity index (χ0v) is 8.87. The number of benzene rings is 1. The van der Waals surface area contributed by atoms with Crippen molar-refractivity contribution >= 4 is 6.21 Å². The van der Waals surface area contributed by atoms with E-state index in [9.17, 15) is 13.2 Å². The average molecular weight is 241 g/mol. The molecule has 0 aliphatic carbocycles. The Morgan fingerprint density at radius 3 is 2.71 bits per heavy atom. The van der Waals surface area contributed by atoms with Gasteiger partial charge in [-0.15, -0.1) is 12.3 Å². The Morgan fingerprint density at radius 2 is 2.06 bits per heavy atom. The predicted molar refractivity (Wildman–Crippen MR) is 58.4 cm³/mol. The van der Waals surface area contributed by atoms with E-state index in [0.29, 0.717) is 6.42 Å². The smallest absolute Gasteiger partial charge is 0.395 e. The summed E-state index contributed by atoms with van der Waals surface area (Å²) < 4.78 is 37.6. The van der Waals surface area contributed by atoms with E-state index in [1.54, 1.807) is 0 Å². The second-order valence-corrected chi connectivity index (χ2v) is 3.11. The van der Waals surface area contributed by atoms with Crippen molar-refractivity contribution in [2.24, 2.45) is 5.16 Å². The topological polar surface area (TPSA) is 21.6 Å². The SMILES string of the molecule is C#CCCON=Cc1ccccc1C(F)(F)F. The molecular formula is C12H10F3NO. The summed E-state index contributed by atoms with van der Waals surface area (Å²) in [5.41, 5.74) is -0.787. The van der Waals surface area contributed by atoms with E-state index >= 15 is 0 Å². The number of hydrogen-bond acceptors (Lipinski definition) is 2. The largest absolute Gasteiger partial charge is 0.417 e. The number of alkyl halides is 3. The molecule has 17 heavy (non-hydrogen) atoms. The first-order valence-electron chi connectivity index (χ1n) is 4.80. The molecule has 0 aliphatic rings. The van der Waals surface area contributed by atoms with Crippen LogP contribution in [0.25, 0.3) is 0 Å². The summed E-state index contributed by atoms with van der Waals surface area (Å²) in [6.07, 6.45) is 1.96. The zero-order valence-electron chi connectivity index (χ0n) is 8.87. The van der Waals surface area contributed by atoms with Gasteiger partial charge in [-0.1, -0.05) is 23.4 Å². The Morgan fingerprint density at radius 1 is 1.35 bits per heavy atom. The van der Waals surface area contributed by atoms with Crippen molar-refractivity contribution in [1.82, 2.24) is 0 Å². The Hall–Kier alpha value is -1.96. The number of terminal acetylenes is 1. The van der Waals surface area contributed by atoms with E-state index in [1.807, 2.05) is 0 Å². The fourth-order valence-electron chi connectivity index (χ4n) is 1.12. The maximum absolute atomic E-state index is 12.5. The molecule has 0 bridgehead atoms. The lowest BCUT2D eigenvalue weighted by Gasteiger charge is -2.08. The van der Waals surface area contributed by atoms with Gasteiger partial charge >= 0.3 is 6.18 Å². The Bertz CT molecular complexity index is 432. The Kier molecular flexibility index (Phi) is 4.58. The molecule has 0 N–H and O–H groups in total. The summed E-state index contributed by atoms with van der Waals surface area (Å²) in [7, 11) is 0. The Balaban J connectivity index is 2.75. The highest BCUT2D eigenvalue weighted by Gasteiger charge is 2.32. The minimum atomic E-state index is -4.40. The molecule has 1 aromatic carbocycles. The van der Waals surface area contributed by atoms with Gasteiger partial charge in [0.05, 0.1) is 11.8 Å². The van der Waals surface area contributed by atoms with Crippen LogP contribution < -0.4 is 0 Å².